The molecule has 0 bridgehead atoms. The van der Waals surface area contributed by atoms with Crippen LogP contribution in [0.15, 0.2) is 36.7 Å². The molecule has 25 heavy (non-hydrogen) atoms. The monoisotopic (exact) mass is 360 g/mol. The number of carbonyl (C=O) groups excluding carboxylic acids is 1. The van der Waals surface area contributed by atoms with E-state index in [1.165, 1.54) is 6.20 Å². The Morgan fingerprint density at radius 3 is 3.00 bits per heavy atom. The first kappa shape index (κ1) is 17.4. The van der Waals surface area contributed by atoms with Gasteiger partial charge in [0, 0.05) is 12.4 Å². The number of anilines is 1. The van der Waals surface area contributed by atoms with Gasteiger partial charge in [-0.05, 0) is 36.2 Å². The Morgan fingerprint density at radius 2 is 2.28 bits per heavy atom. The third-order valence-corrected chi connectivity index (χ3v) is 4.19. The van der Waals surface area contributed by atoms with Crippen LogP contribution in [0, 0.1) is 6.92 Å². The minimum Gasteiger partial charge on any atom is -0.371 e. The van der Waals surface area contributed by atoms with Gasteiger partial charge in [-0.1, -0.05) is 18.3 Å². The Labute approximate surface area is 149 Å². The van der Waals surface area contributed by atoms with Crippen molar-refractivity contribution in [2.24, 2.45) is 0 Å². The first-order valence-corrected chi connectivity index (χ1v) is 8.09. The Bertz CT molecular complexity index is 817. The van der Waals surface area contributed by atoms with Crippen LogP contribution in [0.1, 0.15) is 21.6 Å². The molecule has 1 fully saturated rings. The summed E-state index contributed by atoms with van der Waals surface area (Å²) in [5.74, 6) is -0.0703. The fourth-order valence-electron chi connectivity index (χ4n) is 2.66. The molecule has 0 aromatic carbocycles. The van der Waals surface area contributed by atoms with E-state index in [4.69, 9.17) is 17.0 Å². The van der Waals surface area contributed by atoms with Crippen molar-refractivity contribution < 1.29 is 13.9 Å². The topological polar surface area (TPSA) is 76.1 Å². The number of halogens is 1. The Kier molecular flexibility index (Phi) is 5.00. The lowest BCUT2D eigenvalue weighted by molar-refractivity contribution is 0.0632. The number of pyridine rings is 2. The van der Waals surface area contributed by atoms with E-state index < -0.39 is 12.2 Å². The van der Waals surface area contributed by atoms with Gasteiger partial charge in [0.05, 0.1) is 13.2 Å². The highest BCUT2D eigenvalue weighted by Gasteiger charge is 2.37. The maximum Gasteiger partial charge on any atom is 0.275 e. The van der Waals surface area contributed by atoms with Crippen LogP contribution in [0.2, 0.25) is 0 Å². The molecule has 3 heterocycles. The summed E-state index contributed by atoms with van der Waals surface area (Å²) < 4.78 is 19.2. The molecule has 1 aliphatic rings. The molecule has 3 rings (SSSR count). The average molecular weight is 360 g/mol. The Balaban J connectivity index is 1.85. The summed E-state index contributed by atoms with van der Waals surface area (Å²) in [6.07, 6.45) is 3.06. The summed E-state index contributed by atoms with van der Waals surface area (Å²) in [6, 6.07) is 6.84. The van der Waals surface area contributed by atoms with E-state index in [-0.39, 0.29) is 19.1 Å². The zero-order valence-corrected chi connectivity index (χ0v) is 14.4. The quantitative estimate of drug-likeness (QED) is 0.814. The number of rotatable bonds is 4. The molecule has 1 atom stereocenters. The largest absolute Gasteiger partial charge is 0.371 e. The SMILES string of the molecule is Cc1cccnc1C(=O)Nc1cc(C2(CF)COCC(=S)N2)ccn1. The van der Waals surface area contributed by atoms with Crippen molar-refractivity contribution >= 4 is 28.9 Å². The number of hydrogen-bond acceptors (Lipinski definition) is 5. The second-order valence-electron chi connectivity index (χ2n) is 5.81. The van der Waals surface area contributed by atoms with Gasteiger partial charge in [-0.2, -0.15) is 0 Å². The molecule has 0 saturated carbocycles. The lowest BCUT2D eigenvalue weighted by Crippen LogP contribution is -2.55. The minimum atomic E-state index is -1.07. The molecule has 0 spiro atoms. The van der Waals surface area contributed by atoms with Crippen molar-refractivity contribution in [2.45, 2.75) is 12.5 Å². The number of nitrogens with one attached hydrogen (secondary N) is 2. The van der Waals surface area contributed by atoms with Crippen LogP contribution in [-0.2, 0) is 10.3 Å². The molecule has 0 radical (unpaired) electrons. The predicted molar refractivity (Wildman–Crippen MR) is 95.4 cm³/mol. The van der Waals surface area contributed by atoms with Crippen LogP contribution in [0.5, 0.6) is 0 Å². The van der Waals surface area contributed by atoms with E-state index >= 15 is 0 Å². The van der Waals surface area contributed by atoms with Crippen molar-refractivity contribution in [1.82, 2.24) is 15.3 Å². The number of ether oxygens (including phenoxy) is 1. The van der Waals surface area contributed by atoms with E-state index in [2.05, 4.69) is 20.6 Å². The molecule has 1 amide bonds. The van der Waals surface area contributed by atoms with Gasteiger partial charge in [-0.25, -0.2) is 9.37 Å². The van der Waals surface area contributed by atoms with E-state index in [0.717, 1.165) is 5.56 Å². The second kappa shape index (κ2) is 7.20. The van der Waals surface area contributed by atoms with E-state index in [1.807, 2.05) is 0 Å². The number of nitrogens with zero attached hydrogens (tertiary/aromatic N) is 2. The summed E-state index contributed by atoms with van der Waals surface area (Å²) in [5, 5.41) is 5.69. The molecule has 130 valence electrons. The van der Waals surface area contributed by atoms with Crippen molar-refractivity contribution in [3.63, 3.8) is 0 Å². The average Bonchev–Trinajstić information content (AvgIpc) is 2.62. The van der Waals surface area contributed by atoms with Gasteiger partial charge < -0.3 is 15.4 Å². The van der Waals surface area contributed by atoms with E-state index in [9.17, 15) is 9.18 Å². The maximum atomic E-state index is 13.8. The molecular formula is C17H17FN4O2S. The van der Waals surface area contributed by atoms with Crippen molar-refractivity contribution in [3.05, 3.63) is 53.5 Å². The van der Waals surface area contributed by atoms with Crippen molar-refractivity contribution in [3.8, 4) is 0 Å². The van der Waals surface area contributed by atoms with Gasteiger partial charge in [0.1, 0.15) is 28.7 Å². The van der Waals surface area contributed by atoms with Gasteiger partial charge in [0.25, 0.3) is 5.91 Å². The number of aryl methyl sites for hydroxylation is 1. The Morgan fingerprint density at radius 1 is 1.44 bits per heavy atom. The lowest BCUT2D eigenvalue weighted by atomic mass is 9.91. The van der Waals surface area contributed by atoms with E-state index in [1.54, 1.807) is 37.4 Å². The molecule has 2 N–H and O–H groups in total. The number of hydrogen-bond donors (Lipinski definition) is 2. The fraction of sp³-hybridized carbons (Fsp3) is 0.294. The zero-order chi connectivity index (χ0) is 17.9. The highest BCUT2D eigenvalue weighted by molar-refractivity contribution is 7.80. The van der Waals surface area contributed by atoms with Crippen LogP contribution >= 0.6 is 12.2 Å². The maximum absolute atomic E-state index is 13.8. The van der Waals surface area contributed by atoms with Crippen molar-refractivity contribution in [1.29, 1.82) is 0 Å². The van der Waals surface area contributed by atoms with Crippen LogP contribution in [0.25, 0.3) is 0 Å². The van der Waals surface area contributed by atoms with Gasteiger partial charge in [0.15, 0.2) is 0 Å². The molecule has 0 aliphatic carbocycles. The molecular weight excluding hydrogens is 343 g/mol. The van der Waals surface area contributed by atoms with E-state index in [0.29, 0.717) is 22.1 Å². The summed E-state index contributed by atoms with van der Waals surface area (Å²) in [7, 11) is 0. The number of amides is 1. The van der Waals surface area contributed by atoms with Gasteiger partial charge in [-0.15, -0.1) is 0 Å². The molecule has 1 aliphatic heterocycles. The third kappa shape index (κ3) is 3.64. The molecule has 2 aromatic rings. The number of carbonyl (C=O) groups is 1. The summed E-state index contributed by atoms with van der Waals surface area (Å²) >= 11 is 5.11. The highest BCUT2D eigenvalue weighted by Crippen LogP contribution is 2.26. The second-order valence-corrected chi connectivity index (χ2v) is 6.30. The lowest BCUT2D eigenvalue weighted by Gasteiger charge is -2.37. The van der Waals surface area contributed by atoms with Crippen LogP contribution < -0.4 is 10.6 Å². The molecule has 6 nitrogen and oxygen atoms in total. The van der Waals surface area contributed by atoms with Gasteiger partial charge >= 0.3 is 0 Å². The van der Waals surface area contributed by atoms with Crippen LogP contribution in [-0.4, -0.2) is 40.8 Å². The highest BCUT2D eigenvalue weighted by atomic mass is 32.1. The molecule has 1 unspecified atom stereocenters. The normalized spacial score (nSPS) is 20.0. The number of alkyl halides is 1. The first-order valence-electron chi connectivity index (χ1n) is 7.68. The standard InChI is InChI=1S/C17H17FN4O2S/c1-11-3-2-5-20-15(11)16(23)21-13-7-12(4-6-19-13)17(9-18)10-24-8-14(25)22-17/h2-7H,8-10H2,1H3,(H,22,25)(H,19,21,23). The third-order valence-electron chi connectivity index (χ3n) is 3.97. The summed E-state index contributed by atoms with van der Waals surface area (Å²) in [6.45, 7) is 1.50. The number of aromatic nitrogens is 2. The van der Waals surface area contributed by atoms with Crippen LogP contribution in [0.4, 0.5) is 10.2 Å². The summed E-state index contributed by atoms with van der Waals surface area (Å²) in [4.78, 5) is 21.0. The van der Waals surface area contributed by atoms with Crippen molar-refractivity contribution in [2.75, 3.05) is 25.2 Å². The molecule has 1 saturated heterocycles. The van der Waals surface area contributed by atoms with Gasteiger partial charge in [-0.3, -0.25) is 9.78 Å². The molecule has 8 heteroatoms. The number of thiocarbonyl (C=S) groups is 1. The van der Waals surface area contributed by atoms with Crippen LogP contribution in [0.3, 0.4) is 0 Å². The smallest absolute Gasteiger partial charge is 0.275 e. The summed E-state index contributed by atoms with van der Waals surface area (Å²) in [5.41, 5.74) is 0.595. The number of morpholine rings is 1. The Hall–Kier alpha value is -2.45. The predicted octanol–water partition coefficient (Wildman–Crippen LogP) is 2.15. The first-order chi connectivity index (χ1) is 12.0. The fourth-order valence-corrected chi connectivity index (χ4v) is 2.94. The minimum absolute atomic E-state index is 0.139. The molecule has 2 aromatic heterocycles. The zero-order valence-electron chi connectivity index (χ0n) is 13.6. The van der Waals surface area contributed by atoms with Gasteiger partial charge in [0.2, 0.25) is 0 Å².